The first-order valence-electron chi connectivity index (χ1n) is 13.3. The van der Waals surface area contributed by atoms with Crippen LogP contribution in [0.5, 0.6) is 0 Å². The Morgan fingerprint density at radius 2 is 1.52 bits per heavy atom. The van der Waals surface area contributed by atoms with Gasteiger partial charge in [0, 0.05) is 18.1 Å². The molecule has 1 N–H and O–H groups in total. The van der Waals surface area contributed by atoms with Crippen LogP contribution in [0, 0.1) is 26.7 Å². The third-order valence-corrected chi connectivity index (χ3v) is 8.88. The van der Waals surface area contributed by atoms with Gasteiger partial charge in [-0.2, -0.15) is 0 Å². The van der Waals surface area contributed by atoms with E-state index in [1.165, 1.54) is 4.90 Å². The first-order valence-corrected chi connectivity index (χ1v) is 15.1. The van der Waals surface area contributed by atoms with Crippen LogP contribution in [0.15, 0.2) is 71.6 Å². The van der Waals surface area contributed by atoms with Gasteiger partial charge in [0.25, 0.3) is 10.0 Å². The van der Waals surface area contributed by atoms with Gasteiger partial charge in [-0.25, -0.2) is 8.42 Å². The highest BCUT2D eigenvalue weighted by Gasteiger charge is 2.33. The SMILES string of the molecule is Cc1ccc(S(=O)(=O)N(CC(=O)N(Cc2ccc(Cl)cc2)[C@@H](C)C(=O)NCC(C)C)c2cccc(C)c2C)cc1. The molecular formula is C31H38ClN3O4S. The summed E-state index contributed by atoms with van der Waals surface area (Å²) in [4.78, 5) is 28.6. The minimum Gasteiger partial charge on any atom is -0.354 e. The second-order valence-electron chi connectivity index (χ2n) is 10.5. The zero-order valence-corrected chi connectivity index (χ0v) is 25.5. The maximum Gasteiger partial charge on any atom is 0.264 e. The Hall–Kier alpha value is -3.36. The number of nitrogens with one attached hydrogen (secondary N) is 1. The number of aryl methyl sites for hydroxylation is 2. The zero-order valence-electron chi connectivity index (χ0n) is 23.9. The molecule has 0 heterocycles. The lowest BCUT2D eigenvalue weighted by Crippen LogP contribution is -2.51. The second-order valence-corrected chi connectivity index (χ2v) is 12.8. The number of benzene rings is 3. The van der Waals surface area contributed by atoms with E-state index in [1.807, 2.05) is 40.7 Å². The van der Waals surface area contributed by atoms with Crippen molar-refractivity contribution in [1.29, 1.82) is 0 Å². The number of nitrogens with zero attached hydrogens (tertiary/aromatic N) is 2. The van der Waals surface area contributed by atoms with Crippen LogP contribution >= 0.6 is 11.6 Å². The number of carbonyl (C=O) groups excluding carboxylic acids is 2. The Balaban J connectivity index is 2.05. The van der Waals surface area contributed by atoms with E-state index in [9.17, 15) is 18.0 Å². The van der Waals surface area contributed by atoms with Gasteiger partial charge in [0.15, 0.2) is 0 Å². The van der Waals surface area contributed by atoms with Crippen LogP contribution in [-0.4, -0.2) is 44.3 Å². The van der Waals surface area contributed by atoms with Crippen molar-refractivity contribution in [3.05, 3.63) is 94.0 Å². The number of hydrogen-bond acceptors (Lipinski definition) is 4. The van der Waals surface area contributed by atoms with Crippen LogP contribution in [0.3, 0.4) is 0 Å². The molecule has 3 rings (SSSR count). The van der Waals surface area contributed by atoms with Crippen molar-refractivity contribution >= 4 is 39.1 Å². The molecule has 0 bridgehead atoms. The first kappa shape index (κ1) is 31.2. The van der Waals surface area contributed by atoms with Gasteiger partial charge in [0.2, 0.25) is 11.8 Å². The maximum atomic E-state index is 14.0. The molecule has 9 heteroatoms. The molecule has 0 aliphatic heterocycles. The fraction of sp³-hybridized carbons (Fsp3) is 0.355. The number of hydrogen-bond donors (Lipinski definition) is 1. The van der Waals surface area contributed by atoms with E-state index in [4.69, 9.17) is 11.6 Å². The smallest absolute Gasteiger partial charge is 0.264 e. The lowest BCUT2D eigenvalue weighted by Gasteiger charge is -2.32. The zero-order chi connectivity index (χ0) is 29.6. The molecule has 3 aromatic carbocycles. The Kier molecular flexibility index (Phi) is 10.4. The number of carbonyl (C=O) groups is 2. The highest BCUT2D eigenvalue weighted by molar-refractivity contribution is 7.92. The summed E-state index contributed by atoms with van der Waals surface area (Å²) in [7, 11) is -4.12. The molecular weight excluding hydrogens is 546 g/mol. The lowest BCUT2D eigenvalue weighted by atomic mass is 10.1. The summed E-state index contributed by atoms with van der Waals surface area (Å²) in [5.41, 5.74) is 3.74. The van der Waals surface area contributed by atoms with Gasteiger partial charge in [-0.3, -0.25) is 13.9 Å². The molecule has 0 spiro atoms. The average Bonchev–Trinajstić information content (AvgIpc) is 2.91. The standard InChI is InChI=1S/C31H38ClN3O4S/c1-21(2)18-33-31(37)25(6)34(19-26-12-14-27(32)15-13-26)30(36)20-35(29-9-7-8-23(4)24(29)5)40(38,39)28-16-10-22(3)11-17-28/h7-17,21,25H,18-20H2,1-6H3,(H,33,37)/t25-/m0/s1. The molecule has 0 aliphatic carbocycles. The van der Waals surface area contributed by atoms with E-state index >= 15 is 0 Å². The van der Waals surface area contributed by atoms with Crippen molar-refractivity contribution in [3.8, 4) is 0 Å². The van der Waals surface area contributed by atoms with Crippen molar-refractivity contribution < 1.29 is 18.0 Å². The van der Waals surface area contributed by atoms with Crippen LogP contribution in [0.25, 0.3) is 0 Å². The molecule has 0 radical (unpaired) electrons. The van der Waals surface area contributed by atoms with Crippen LogP contribution in [0.4, 0.5) is 5.69 Å². The largest absolute Gasteiger partial charge is 0.354 e. The summed E-state index contributed by atoms with van der Waals surface area (Å²) >= 11 is 6.06. The summed E-state index contributed by atoms with van der Waals surface area (Å²) in [6, 6.07) is 18.1. The monoisotopic (exact) mass is 583 g/mol. The van der Waals surface area contributed by atoms with E-state index in [0.29, 0.717) is 17.3 Å². The van der Waals surface area contributed by atoms with E-state index in [0.717, 1.165) is 26.6 Å². The molecule has 0 aliphatic rings. The summed E-state index contributed by atoms with van der Waals surface area (Å²) in [6.07, 6.45) is 0. The van der Waals surface area contributed by atoms with Crippen LogP contribution in [0.1, 0.15) is 43.0 Å². The number of rotatable bonds is 11. The van der Waals surface area contributed by atoms with Crippen molar-refractivity contribution in [3.63, 3.8) is 0 Å². The van der Waals surface area contributed by atoms with Crippen molar-refractivity contribution in [2.45, 2.75) is 59.0 Å². The average molecular weight is 584 g/mol. The van der Waals surface area contributed by atoms with Gasteiger partial charge in [0.1, 0.15) is 12.6 Å². The van der Waals surface area contributed by atoms with E-state index in [1.54, 1.807) is 67.6 Å². The molecule has 0 unspecified atom stereocenters. The van der Waals surface area contributed by atoms with Gasteiger partial charge >= 0.3 is 0 Å². The summed E-state index contributed by atoms with van der Waals surface area (Å²) in [5.74, 6) is -0.578. The summed E-state index contributed by atoms with van der Waals surface area (Å²) in [5, 5.41) is 3.44. The third kappa shape index (κ3) is 7.64. The molecule has 214 valence electrons. The first-order chi connectivity index (χ1) is 18.8. The summed E-state index contributed by atoms with van der Waals surface area (Å²) in [6.45, 7) is 11.3. The normalized spacial score (nSPS) is 12.2. The number of amides is 2. The van der Waals surface area contributed by atoms with Crippen molar-refractivity contribution in [2.24, 2.45) is 5.92 Å². The topological polar surface area (TPSA) is 86.8 Å². The van der Waals surface area contributed by atoms with Gasteiger partial charge in [-0.05, 0) is 80.6 Å². The number of sulfonamides is 1. The molecule has 2 amide bonds. The third-order valence-electron chi connectivity index (χ3n) is 6.85. The van der Waals surface area contributed by atoms with E-state index in [2.05, 4.69) is 5.32 Å². The second kappa shape index (κ2) is 13.3. The number of halogens is 1. The maximum absolute atomic E-state index is 14.0. The van der Waals surface area contributed by atoms with Gasteiger partial charge in [-0.15, -0.1) is 0 Å². The molecule has 40 heavy (non-hydrogen) atoms. The fourth-order valence-electron chi connectivity index (χ4n) is 4.18. The fourth-order valence-corrected chi connectivity index (χ4v) is 5.78. The molecule has 3 aromatic rings. The minimum absolute atomic E-state index is 0.0822. The van der Waals surface area contributed by atoms with Gasteiger partial charge < -0.3 is 10.2 Å². The Bertz CT molecular complexity index is 1440. The van der Waals surface area contributed by atoms with E-state index < -0.39 is 28.5 Å². The lowest BCUT2D eigenvalue weighted by molar-refractivity contribution is -0.139. The summed E-state index contributed by atoms with van der Waals surface area (Å²) < 4.78 is 29.2. The molecule has 1 atom stereocenters. The van der Waals surface area contributed by atoms with Crippen molar-refractivity contribution in [1.82, 2.24) is 10.2 Å². The highest BCUT2D eigenvalue weighted by atomic mass is 35.5. The Morgan fingerprint density at radius 1 is 0.900 bits per heavy atom. The van der Waals surface area contributed by atoms with Crippen molar-refractivity contribution in [2.75, 3.05) is 17.4 Å². The molecule has 0 saturated carbocycles. The Morgan fingerprint density at radius 3 is 2.12 bits per heavy atom. The van der Waals surface area contributed by atoms with Gasteiger partial charge in [0.05, 0.1) is 10.6 Å². The molecule has 7 nitrogen and oxygen atoms in total. The predicted octanol–water partition coefficient (Wildman–Crippen LogP) is 5.65. The molecule has 0 fully saturated rings. The van der Waals surface area contributed by atoms with Crippen LogP contribution in [0.2, 0.25) is 5.02 Å². The Labute approximate surface area is 243 Å². The minimum atomic E-state index is -4.12. The quantitative estimate of drug-likeness (QED) is 0.316. The van der Waals surface area contributed by atoms with Gasteiger partial charge in [-0.1, -0.05) is 67.4 Å². The molecule has 0 saturated heterocycles. The predicted molar refractivity (Wildman–Crippen MR) is 161 cm³/mol. The highest BCUT2D eigenvalue weighted by Crippen LogP contribution is 2.29. The number of anilines is 1. The van der Waals surface area contributed by atoms with Crippen LogP contribution in [-0.2, 0) is 26.2 Å². The van der Waals surface area contributed by atoms with Crippen LogP contribution < -0.4 is 9.62 Å². The van der Waals surface area contributed by atoms with E-state index in [-0.39, 0.29) is 23.3 Å². The molecule has 0 aromatic heterocycles.